The van der Waals surface area contributed by atoms with Crippen LogP contribution < -0.4 is 0 Å². The molecule has 0 bridgehead atoms. The number of esters is 1. The second kappa shape index (κ2) is 7.12. The lowest BCUT2D eigenvalue weighted by Gasteiger charge is -2.08. The van der Waals surface area contributed by atoms with E-state index in [1.54, 1.807) is 6.08 Å². The molecule has 1 heterocycles. The quantitative estimate of drug-likeness (QED) is 0.562. The number of carbonyl (C=O) groups is 1. The fourth-order valence-electron chi connectivity index (χ4n) is 2.07. The summed E-state index contributed by atoms with van der Waals surface area (Å²) in [4.78, 5) is 11.5. The molecule has 4 heteroatoms. The van der Waals surface area contributed by atoms with Crippen LogP contribution in [0.15, 0.2) is 12.7 Å². The maximum Gasteiger partial charge on any atom is 0.306 e. The van der Waals surface area contributed by atoms with Crippen molar-refractivity contribution in [3.05, 3.63) is 29.6 Å². The van der Waals surface area contributed by atoms with Gasteiger partial charge >= 0.3 is 5.97 Å². The van der Waals surface area contributed by atoms with Crippen LogP contribution in [-0.4, -0.2) is 22.4 Å². The molecular formula is C15H24N2O2. The Morgan fingerprint density at radius 2 is 2.16 bits per heavy atom. The van der Waals surface area contributed by atoms with Crippen molar-refractivity contribution in [1.82, 2.24) is 9.78 Å². The Hall–Kier alpha value is -1.58. The molecule has 1 rings (SSSR count). The zero-order valence-electron chi connectivity index (χ0n) is 12.4. The summed E-state index contributed by atoms with van der Waals surface area (Å²) in [6, 6.07) is 0. The summed E-state index contributed by atoms with van der Waals surface area (Å²) in [7, 11) is 0. The van der Waals surface area contributed by atoms with Gasteiger partial charge in [0.2, 0.25) is 0 Å². The van der Waals surface area contributed by atoms with Crippen LogP contribution in [-0.2, 0) is 22.5 Å². The Bertz CT molecular complexity index is 447. The highest BCUT2D eigenvalue weighted by Crippen LogP contribution is 2.16. The summed E-state index contributed by atoms with van der Waals surface area (Å²) in [6.45, 7) is 13.1. The van der Waals surface area contributed by atoms with Crippen molar-refractivity contribution in [3.8, 4) is 0 Å². The van der Waals surface area contributed by atoms with E-state index >= 15 is 0 Å². The van der Waals surface area contributed by atoms with Crippen LogP contribution in [0.25, 0.3) is 0 Å². The molecule has 106 valence electrons. The van der Waals surface area contributed by atoms with E-state index in [4.69, 9.17) is 4.74 Å². The van der Waals surface area contributed by atoms with E-state index in [1.807, 2.05) is 11.6 Å². The summed E-state index contributed by atoms with van der Waals surface area (Å²) in [5, 5.41) is 4.54. The molecule has 0 aliphatic carbocycles. The second-order valence-electron chi connectivity index (χ2n) is 5.20. The van der Waals surface area contributed by atoms with Gasteiger partial charge in [-0.25, -0.2) is 0 Å². The lowest BCUT2D eigenvalue weighted by molar-refractivity contribution is -0.142. The van der Waals surface area contributed by atoms with E-state index in [0.717, 1.165) is 23.5 Å². The minimum Gasteiger partial charge on any atom is -0.461 e. The summed E-state index contributed by atoms with van der Waals surface area (Å²) in [6.07, 6.45) is 2.66. The lowest BCUT2D eigenvalue weighted by Crippen LogP contribution is -2.09. The Balaban J connectivity index is 2.65. The smallest absolute Gasteiger partial charge is 0.306 e. The molecule has 0 saturated carbocycles. The van der Waals surface area contributed by atoms with Gasteiger partial charge in [0, 0.05) is 18.7 Å². The van der Waals surface area contributed by atoms with E-state index in [0.29, 0.717) is 18.8 Å². The van der Waals surface area contributed by atoms with Gasteiger partial charge < -0.3 is 4.74 Å². The van der Waals surface area contributed by atoms with E-state index in [-0.39, 0.29) is 12.6 Å². The van der Waals surface area contributed by atoms with Gasteiger partial charge in [0.1, 0.15) is 6.61 Å². The molecule has 0 aliphatic rings. The molecule has 0 aromatic carbocycles. The SMILES string of the molecule is C=CCOC(=O)CCc1c(C)nn(CC(C)C)c1C. The highest BCUT2D eigenvalue weighted by atomic mass is 16.5. The number of aryl methyl sites for hydroxylation is 1. The monoisotopic (exact) mass is 264 g/mol. The molecule has 0 N–H and O–H groups in total. The van der Waals surface area contributed by atoms with Gasteiger partial charge in [-0.3, -0.25) is 9.48 Å². The first kappa shape index (κ1) is 15.5. The molecule has 0 fully saturated rings. The van der Waals surface area contributed by atoms with E-state index in [2.05, 4.69) is 32.4 Å². The van der Waals surface area contributed by atoms with E-state index in [1.165, 1.54) is 0 Å². The highest BCUT2D eigenvalue weighted by molar-refractivity contribution is 5.69. The van der Waals surface area contributed by atoms with Gasteiger partial charge in [-0.2, -0.15) is 5.10 Å². The number of nitrogens with zero attached hydrogens (tertiary/aromatic N) is 2. The van der Waals surface area contributed by atoms with Gasteiger partial charge in [-0.1, -0.05) is 26.5 Å². The summed E-state index contributed by atoms with van der Waals surface area (Å²) >= 11 is 0. The topological polar surface area (TPSA) is 44.1 Å². The first-order valence-corrected chi connectivity index (χ1v) is 6.75. The second-order valence-corrected chi connectivity index (χ2v) is 5.20. The minimum absolute atomic E-state index is 0.185. The third-order valence-electron chi connectivity index (χ3n) is 3.01. The molecule has 4 nitrogen and oxygen atoms in total. The van der Waals surface area contributed by atoms with E-state index in [9.17, 15) is 4.79 Å². The van der Waals surface area contributed by atoms with Crippen LogP contribution in [0.1, 0.15) is 37.2 Å². The molecule has 1 aromatic rings. The maximum absolute atomic E-state index is 11.5. The molecule has 19 heavy (non-hydrogen) atoms. The average Bonchev–Trinajstić information content (AvgIpc) is 2.59. The maximum atomic E-state index is 11.5. The van der Waals surface area contributed by atoms with Crippen molar-refractivity contribution in [2.75, 3.05) is 6.61 Å². The lowest BCUT2D eigenvalue weighted by atomic mass is 10.1. The Morgan fingerprint density at radius 3 is 2.74 bits per heavy atom. The number of hydrogen-bond donors (Lipinski definition) is 0. The number of ether oxygens (including phenoxy) is 1. The molecule has 0 aliphatic heterocycles. The third-order valence-corrected chi connectivity index (χ3v) is 3.01. The Kier molecular flexibility index (Phi) is 5.80. The fraction of sp³-hybridized carbons (Fsp3) is 0.600. The van der Waals surface area contributed by atoms with Gasteiger partial charge in [-0.15, -0.1) is 0 Å². The zero-order chi connectivity index (χ0) is 14.4. The zero-order valence-corrected chi connectivity index (χ0v) is 12.4. The molecule has 0 saturated heterocycles. The molecule has 0 amide bonds. The molecule has 0 spiro atoms. The van der Waals surface area contributed by atoms with Crippen molar-refractivity contribution in [2.45, 2.75) is 47.1 Å². The van der Waals surface area contributed by atoms with Gasteiger partial charge in [0.05, 0.1) is 5.69 Å². The summed E-state index contributed by atoms with van der Waals surface area (Å²) in [5.41, 5.74) is 3.33. The van der Waals surface area contributed by atoms with Crippen LogP contribution in [0.4, 0.5) is 0 Å². The van der Waals surface area contributed by atoms with Gasteiger partial charge in [0.25, 0.3) is 0 Å². The van der Waals surface area contributed by atoms with Crippen LogP contribution in [0.2, 0.25) is 0 Å². The molecule has 0 atom stereocenters. The van der Waals surface area contributed by atoms with Crippen LogP contribution in [0.5, 0.6) is 0 Å². The van der Waals surface area contributed by atoms with Crippen LogP contribution in [0, 0.1) is 19.8 Å². The normalized spacial score (nSPS) is 10.8. The average molecular weight is 264 g/mol. The van der Waals surface area contributed by atoms with Gasteiger partial charge in [0.15, 0.2) is 0 Å². The predicted molar refractivity (Wildman–Crippen MR) is 76.0 cm³/mol. The number of aromatic nitrogens is 2. The van der Waals surface area contributed by atoms with Crippen LogP contribution in [0.3, 0.4) is 0 Å². The Morgan fingerprint density at radius 1 is 1.47 bits per heavy atom. The van der Waals surface area contributed by atoms with Crippen molar-refractivity contribution in [3.63, 3.8) is 0 Å². The minimum atomic E-state index is -0.185. The first-order valence-electron chi connectivity index (χ1n) is 6.75. The van der Waals surface area contributed by atoms with E-state index < -0.39 is 0 Å². The standard InChI is InChI=1S/C15H24N2O2/c1-6-9-19-15(18)8-7-14-12(4)16-17(13(14)5)10-11(2)3/h6,11H,1,7-10H2,2-5H3. The molecular weight excluding hydrogens is 240 g/mol. The predicted octanol–water partition coefficient (Wildman–Crippen LogP) is 2.82. The molecule has 1 aromatic heterocycles. The van der Waals surface area contributed by atoms with Gasteiger partial charge in [-0.05, 0) is 31.7 Å². The summed E-state index contributed by atoms with van der Waals surface area (Å²) < 4.78 is 7.01. The number of hydrogen-bond acceptors (Lipinski definition) is 3. The largest absolute Gasteiger partial charge is 0.461 e. The Labute approximate surface area is 115 Å². The van der Waals surface area contributed by atoms with Crippen molar-refractivity contribution < 1.29 is 9.53 Å². The summed E-state index contributed by atoms with van der Waals surface area (Å²) in [5.74, 6) is 0.374. The van der Waals surface area contributed by atoms with Crippen molar-refractivity contribution >= 4 is 5.97 Å². The molecule has 0 radical (unpaired) electrons. The third kappa shape index (κ3) is 4.54. The number of rotatable bonds is 7. The highest BCUT2D eigenvalue weighted by Gasteiger charge is 2.13. The van der Waals surface area contributed by atoms with Crippen molar-refractivity contribution in [2.24, 2.45) is 5.92 Å². The van der Waals surface area contributed by atoms with Crippen molar-refractivity contribution in [1.29, 1.82) is 0 Å². The van der Waals surface area contributed by atoms with Crippen LogP contribution >= 0.6 is 0 Å². The molecule has 0 unspecified atom stereocenters. The fourth-order valence-corrected chi connectivity index (χ4v) is 2.07. The number of carbonyl (C=O) groups excluding carboxylic acids is 1. The first-order chi connectivity index (χ1) is 8.95.